The third-order valence-corrected chi connectivity index (χ3v) is 6.60. The Balaban J connectivity index is 2.22. The molecule has 33 heavy (non-hydrogen) atoms. The summed E-state index contributed by atoms with van der Waals surface area (Å²) in [6, 6.07) is 3.39. The van der Waals surface area contributed by atoms with Gasteiger partial charge in [-0.05, 0) is 69.4 Å². The lowest BCUT2D eigenvalue weighted by atomic mass is 9.88. The van der Waals surface area contributed by atoms with E-state index >= 15 is 0 Å². The zero-order valence-corrected chi connectivity index (χ0v) is 19.7. The van der Waals surface area contributed by atoms with Gasteiger partial charge < -0.3 is 21.4 Å². The quantitative estimate of drug-likeness (QED) is 0.594. The molecule has 1 fully saturated rings. The van der Waals surface area contributed by atoms with Gasteiger partial charge >= 0.3 is 0 Å². The van der Waals surface area contributed by atoms with Crippen LogP contribution in [-0.4, -0.2) is 29.3 Å². The van der Waals surface area contributed by atoms with Crippen molar-refractivity contribution < 1.29 is 14.4 Å². The highest BCUT2D eigenvalue weighted by Gasteiger charge is 2.31. The van der Waals surface area contributed by atoms with Crippen molar-refractivity contribution in [1.29, 1.82) is 0 Å². The first-order valence-electron chi connectivity index (χ1n) is 11.3. The topological polar surface area (TPSA) is 139 Å². The van der Waals surface area contributed by atoms with Gasteiger partial charge in [-0.3, -0.25) is 19.2 Å². The van der Waals surface area contributed by atoms with Crippen LogP contribution < -0.4 is 21.9 Å². The Hall–Kier alpha value is -3.42. The van der Waals surface area contributed by atoms with E-state index in [-0.39, 0.29) is 34.9 Å². The Labute approximate surface area is 193 Å². The van der Waals surface area contributed by atoms with Gasteiger partial charge in [-0.1, -0.05) is 12.8 Å². The van der Waals surface area contributed by atoms with Gasteiger partial charge in [0.25, 0.3) is 5.56 Å². The normalized spacial score (nSPS) is 13.8. The second-order valence-electron chi connectivity index (χ2n) is 8.83. The zero-order valence-electron chi connectivity index (χ0n) is 19.7. The summed E-state index contributed by atoms with van der Waals surface area (Å²) < 4.78 is 0. The van der Waals surface area contributed by atoms with Crippen LogP contribution in [0.1, 0.15) is 81.3 Å². The number of hydrogen-bond acceptors (Lipinski definition) is 4. The van der Waals surface area contributed by atoms with Gasteiger partial charge in [-0.15, -0.1) is 0 Å². The maximum absolute atomic E-state index is 13.2. The third-order valence-electron chi connectivity index (χ3n) is 6.60. The molecule has 1 aromatic carbocycles. The van der Waals surface area contributed by atoms with Crippen molar-refractivity contribution in [1.82, 2.24) is 4.98 Å². The van der Waals surface area contributed by atoms with E-state index in [1.807, 2.05) is 13.0 Å². The summed E-state index contributed by atoms with van der Waals surface area (Å²) in [7, 11) is 0. The van der Waals surface area contributed by atoms with Crippen molar-refractivity contribution in [3.63, 3.8) is 0 Å². The molecule has 1 saturated carbocycles. The van der Waals surface area contributed by atoms with Crippen LogP contribution in [0, 0.1) is 26.7 Å². The van der Waals surface area contributed by atoms with Gasteiger partial charge in [0, 0.05) is 47.0 Å². The Kier molecular flexibility index (Phi) is 7.05. The molecule has 1 aliphatic carbocycles. The molecule has 8 nitrogen and oxygen atoms in total. The summed E-state index contributed by atoms with van der Waals surface area (Å²) in [6.07, 6.45) is 3.69. The summed E-state index contributed by atoms with van der Waals surface area (Å²) in [4.78, 5) is 55.3. The number of hydrogen-bond donors (Lipinski definition) is 3. The van der Waals surface area contributed by atoms with Crippen molar-refractivity contribution in [2.24, 2.45) is 17.4 Å². The minimum absolute atomic E-state index is 0.0157. The van der Waals surface area contributed by atoms with Gasteiger partial charge in [-0.25, -0.2) is 0 Å². The minimum Gasteiger partial charge on any atom is -0.366 e. The number of amides is 3. The molecule has 176 valence electrons. The number of aryl methyl sites for hydroxylation is 2. The van der Waals surface area contributed by atoms with E-state index in [9.17, 15) is 19.2 Å². The van der Waals surface area contributed by atoms with Crippen molar-refractivity contribution >= 4 is 23.4 Å². The lowest BCUT2D eigenvalue weighted by Crippen LogP contribution is -2.37. The molecule has 0 spiro atoms. The SMILES string of the molecule is CCN(C(=O)C1CCCC1)c1cc(C(N)=O)c(Cc2c(C)cc(C)[nH]c2=O)c(C(N)=O)c1C. The van der Waals surface area contributed by atoms with E-state index in [0.717, 1.165) is 31.2 Å². The highest BCUT2D eigenvalue weighted by molar-refractivity contribution is 6.06. The van der Waals surface area contributed by atoms with Gasteiger partial charge in [-0.2, -0.15) is 0 Å². The molecular weight excluding hydrogens is 420 g/mol. The Morgan fingerprint density at radius 3 is 2.18 bits per heavy atom. The van der Waals surface area contributed by atoms with Gasteiger partial charge in [0.05, 0.1) is 0 Å². The summed E-state index contributed by atoms with van der Waals surface area (Å²) in [5, 5.41) is 0. The molecule has 0 saturated heterocycles. The predicted octanol–water partition coefficient (Wildman–Crippen LogP) is 2.63. The molecule has 0 atom stereocenters. The van der Waals surface area contributed by atoms with Crippen molar-refractivity contribution in [2.45, 2.75) is 59.8 Å². The number of nitrogens with two attached hydrogens (primary N) is 2. The number of rotatable bonds is 7. The maximum atomic E-state index is 13.2. The van der Waals surface area contributed by atoms with Crippen molar-refractivity contribution in [3.8, 4) is 0 Å². The minimum atomic E-state index is -0.751. The third kappa shape index (κ3) is 4.69. The number of pyridine rings is 1. The highest BCUT2D eigenvalue weighted by Crippen LogP contribution is 2.34. The number of carbonyl (C=O) groups excluding carboxylic acids is 3. The lowest BCUT2D eigenvalue weighted by molar-refractivity contribution is -0.122. The zero-order chi connectivity index (χ0) is 24.4. The number of benzene rings is 1. The van der Waals surface area contributed by atoms with Crippen LogP contribution >= 0.6 is 0 Å². The number of nitrogens with one attached hydrogen (secondary N) is 1. The molecule has 0 aliphatic heterocycles. The molecule has 8 heteroatoms. The lowest BCUT2D eigenvalue weighted by Gasteiger charge is -2.28. The predicted molar refractivity (Wildman–Crippen MR) is 128 cm³/mol. The van der Waals surface area contributed by atoms with Gasteiger partial charge in [0.15, 0.2) is 0 Å². The average Bonchev–Trinajstić information content (AvgIpc) is 3.26. The number of aromatic nitrogens is 1. The molecule has 1 aliphatic rings. The van der Waals surface area contributed by atoms with Crippen LogP contribution in [0.5, 0.6) is 0 Å². The number of nitrogens with zero attached hydrogens (tertiary/aromatic N) is 1. The number of aromatic amines is 1. The van der Waals surface area contributed by atoms with E-state index in [1.54, 1.807) is 31.7 Å². The van der Waals surface area contributed by atoms with E-state index in [4.69, 9.17) is 11.5 Å². The van der Waals surface area contributed by atoms with Crippen LogP contribution in [0.3, 0.4) is 0 Å². The molecule has 5 N–H and O–H groups in total. The monoisotopic (exact) mass is 452 g/mol. The second-order valence-corrected chi connectivity index (χ2v) is 8.83. The first-order valence-corrected chi connectivity index (χ1v) is 11.3. The Bertz CT molecular complexity index is 1180. The van der Waals surface area contributed by atoms with Crippen LogP contribution in [-0.2, 0) is 11.2 Å². The van der Waals surface area contributed by atoms with E-state index in [1.165, 1.54) is 0 Å². The standard InChI is InChI=1S/C25H32N4O4/c1-5-29(25(33)16-8-6-7-9-16)20-12-19(22(26)30)18(21(15(20)4)23(27)31)11-17-13(2)10-14(3)28-24(17)32/h10,12,16H,5-9,11H2,1-4H3,(H2,26,30)(H2,27,31)(H,28,32). The van der Waals surface area contributed by atoms with Crippen molar-refractivity contribution in [2.75, 3.05) is 11.4 Å². The van der Waals surface area contributed by atoms with E-state index < -0.39 is 11.8 Å². The van der Waals surface area contributed by atoms with E-state index in [2.05, 4.69) is 4.98 Å². The summed E-state index contributed by atoms with van der Waals surface area (Å²) in [5.41, 5.74) is 14.5. The smallest absolute Gasteiger partial charge is 0.251 e. The molecule has 1 heterocycles. The first kappa shape index (κ1) is 24.2. The van der Waals surface area contributed by atoms with Gasteiger partial charge in [0.2, 0.25) is 17.7 Å². The molecule has 0 radical (unpaired) electrons. The summed E-state index contributed by atoms with van der Waals surface area (Å²) in [5.74, 6) is -1.59. The van der Waals surface area contributed by atoms with Crippen LogP contribution in [0.4, 0.5) is 5.69 Å². The Morgan fingerprint density at radius 1 is 1.03 bits per heavy atom. The number of anilines is 1. The molecular formula is C25H32N4O4. The first-order chi connectivity index (χ1) is 15.6. The average molecular weight is 453 g/mol. The Morgan fingerprint density at radius 2 is 1.67 bits per heavy atom. The van der Waals surface area contributed by atoms with Crippen LogP contribution in [0.25, 0.3) is 0 Å². The molecule has 0 unspecified atom stereocenters. The van der Waals surface area contributed by atoms with E-state index in [0.29, 0.717) is 34.6 Å². The maximum Gasteiger partial charge on any atom is 0.251 e. The largest absolute Gasteiger partial charge is 0.366 e. The molecule has 3 amide bonds. The number of primary amides is 2. The fourth-order valence-corrected chi connectivity index (χ4v) is 4.95. The molecule has 0 bridgehead atoms. The number of H-pyrrole nitrogens is 1. The molecule has 3 rings (SSSR count). The fourth-order valence-electron chi connectivity index (χ4n) is 4.95. The molecule has 2 aromatic rings. The van der Waals surface area contributed by atoms with Crippen LogP contribution in [0.15, 0.2) is 16.9 Å². The summed E-state index contributed by atoms with van der Waals surface area (Å²) >= 11 is 0. The van der Waals surface area contributed by atoms with Crippen molar-refractivity contribution in [3.05, 3.63) is 61.6 Å². The second kappa shape index (κ2) is 9.60. The highest BCUT2D eigenvalue weighted by atomic mass is 16.2. The number of carbonyl (C=O) groups is 3. The fraction of sp³-hybridized carbons (Fsp3) is 0.440. The van der Waals surface area contributed by atoms with Crippen LogP contribution in [0.2, 0.25) is 0 Å². The van der Waals surface area contributed by atoms with Gasteiger partial charge in [0.1, 0.15) is 0 Å². The molecule has 1 aromatic heterocycles. The summed E-state index contributed by atoms with van der Waals surface area (Å²) in [6.45, 7) is 7.51.